The van der Waals surface area contributed by atoms with Gasteiger partial charge in [-0.2, -0.15) is 0 Å². The first-order valence-corrected chi connectivity index (χ1v) is 9.23. The van der Waals surface area contributed by atoms with E-state index < -0.39 is 5.79 Å². The smallest absolute Gasteiger partial charge is 0.317 e. The fraction of sp³-hybridized carbons (Fsp3) is 0.632. The standard InChI is InChI=1S/C19H26N2O4/c22-18(21-9-5-15-3-1-2-4-16(15)6-10-21)20-13-17-14-24-19(25-17)7-11-23-12-8-19/h1-4,17H,5-14H2,(H,20,22)/t17-/m1/s1. The summed E-state index contributed by atoms with van der Waals surface area (Å²) in [7, 11) is 0. The Morgan fingerprint density at radius 3 is 2.52 bits per heavy atom. The van der Waals surface area contributed by atoms with E-state index in [2.05, 4.69) is 29.6 Å². The molecule has 0 bridgehead atoms. The van der Waals surface area contributed by atoms with Crippen molar-refractivity contribution in [1.82, 2.24) is 10.2 Å². The highest BCUT2D eigenvalue weighted by atomic mass is 16.7. The highest BCUT2D eigenvalue weighted by molar-refractivity contribution is 5.74. The highest BCUT2D eigenvalue weighted by Gasteiger charge is 2.42. The summed E-state index contributed by atoms with van der Waals surface area (Å²) in [6, 6.07) is 8.45. The van der Waals surface area contributed by atoms with Gasteiger partial charge in [-0.05, 0) is 24.0 Å². The van der Waals surface area contributed by atoms with Gasteiger partial charge in [-0.25, -0.2) is 4.79 Å². The van der Waals surface area contributed by atoms with Gasteiger partial charge in [0.25, 0.3) is 0 Å². The van der Waals surface area contributed by atoms with Gasteiger partial charge in [0.15, 0.2) is 5.79 Å². The normalized spacial score (nSPS) is 25.4. The van der Waals surface area contributed by atoms with E-state index in [0.29, 0.717) is 26.4 Å². The molecule has 0 saturated carbocycles. The molecule has 2 fully saturated rings. The lowest BCUT2D eigenvalue weighted by Gasteiger charge is -2.31. The number of fused-ring (bicyclic) bond motifs is 1. The van der Waals surface area contributed by atoms with E-state index in [9.17, 15) is 4.79 Å². The number of urea groups is 1. The van der Waals surface area contributed by atoms with Crippen LogP contribution >= 0.6 is 0 Å². The average molecular weight is 346 g/mol. The third-order valence-corrected chi connectivity index (χ3v) is 5.36. The molecule has 6 heteroatoms. The lowest BCUT2D eigenvalue weighted by Crippen LogP contribution is -2.45. The van der Waals surface area contributed by atoms with Crippen molar-refractivity contribution in [3.8, 4) is 0 Å². The van der Waals surface area contributed by atoms with Gasteiger partial charge >= 0.3 is 6.03 Å². The lowest BCUT2D eigenvalue weighted by atomic mass is 10.0. The van der Waals surface area contributed by atoms with Crippen LogP contribution in [0.15, 0.2) is 24.3 Å². The molecule has 0 radical (unpaired) electrons. The molecule has 1 aromatic rings. The number of amides is 2. The predicted octanol–water partition coefficient (Wildman–Crippen LogP) is 1.72. The molecule has 1 atom stereocenters. The maximum atomic E-state index is 12.5. The van der Waals surface area contributed by atoms with Crippen molar-refractivity contribution in [3.05, 3.63) is 35.4 Å². The number of nitrogens with zero attached hydrogens (tertiary/aromatic N) is 1. The summed E-state index contributed by atoms with van der Waals surface area (Å²) in [6.07, 6.45) is 3.28. The molecule has 1 aromatic carbocycles. The number of benzene rings is 1. The number of rotatable bonds is 2. The van der Waals surface area contributed by atoms with Crippen molar-refractivity contribution in [1.29, 1.82) is 0 Å². The van der Waals surface area contributed by atoms with Gasteiger partial charge in [0.1, 0.15) is 6.10 Å². The fourth-order valence-electron chi connectivity index (χ4n) is 3.85. The van der Waals surface area contributed by atoms with Crippen LogP contribution in [0.5, 0.6) is 0 Å². The molecular formula is C19H26N2O4. The first-order valence-electron chi connectivity index (χ1n) is 9.23. The fourth-order valence-corrected chi connectivity index (χ4v) is 3.85. The minimum absolute atomic E-state index is 0.00988. The topological polar surface area (TPSA) is 60.0 Å². The second kappa shape index (κ2) is 7.32. The Bertz CT molecular complexity index is 588. The SMILES string of the molecule is O=C(NC[C@@H]1COC2(CCOCC2)O1)N1CCc2ccccc2CC1. The van der Waals surface area contributed by atoms with E-state index in [1.165, 1.54) is 11.1 Å². The summed E-state index contributed by atoms with van der Waals surface area (Å²) in [5.41, 5.74) is 2.71. The third kappa shape index (κ3) is 3.81. The lowest BCUT2D eigenvalue weighted by molar-refractivity contribution is -0.210. The Morgan fingerprint density at radius 1 is 1.16 bits per heavy atom. The molecule has 0 aromatic heterocycles. The van der Waals surface area contributed by atoms with Crippen LogP contribution in [-0.4, -0.2) is 62.3 Å². The van der Waals surface area contributed by atoms with Crippen LogP contribution in [0.2, 0.25) is 0 Å². The second-order valence-electron chi connectivity index (χ2n) is 7.02. The molecule has 2 saturated heterocycles. The van der Waals surface area contributed by atoms with Crippen molar-refractivity contribution < 1.29 is 19.0 Å². The molecule has 1 spiro atoms. The van der Waals surface area contributed by atoms with Gasteiger partial charge in [-0.3, -0.25) is 0 Å². The van der Waals surface area contributed by atoms with E-state index >= 15 is 0 Å². The van der Waals surface area contributed by atoms with Crippen LogP contribution in [-0.2, 0) is 27.1 Å². The van der Waals surface area contributed by atoms with Crippen LogP contribution in [0.3, 0.4) is 0 Å². The first kappa shape index (κ1) is 16.8. The van der Waals surface area contributed by atoms with E-state index in [-0.39, 0.29) is 12.1 Å². The first-order chi connectivity index (χ1) is 12.2. The van der Waals surface area contributed by atoms with Crippen molar-refractivity contribution in [2.45, 2.75) is 37.6 Å². The monoisotopic (exact) mass is 346 g/mol. The van der Waals surface area contributed by atoms with E-state index in [1.54, 1.807) is 0 Å². The molecule has 1 N–H and O–H groups in total. The molecule has 4 rings (SSSR count). The molecule has 136 valence electrons. The zero-order valence-electron chi connectivity index (χ0n) is 14.5. The molecule has 3 aliphatic rings. The maximum Gasteiger partial charge on any atom is 0.317 e. The number of hydrogen-bond acceptors (Lipinski definition) is 4. The average Bonchev–Trinajstić information content (AvgIpc) is 2.90. The maximum absolute atomic E-state index is 12.5. The molecule has 6 nitrogen and oxygen atoms in total. The molecule has 2 amide bonds. The second-order valence-corrected chi connectivity index (χ2v) is 7.02. The molecule has 0 aliphatic carbocycles. The quantitative estimate of drug-likeness (QED) is 0.886. The summed E-state index contributed by atoms with van der Waals surface area (Å²) < 4.78 is 17.3. The minimum Gasteiger partial charge on any atom is -0.381 e. The van der Waals surface area contributed by atoms with Gasteiger partial charge < -0.3 is 24.4 Å². The number of carbonyl (C=O) groups is 1. The predicted molar refractivity (Wildman–Crippen MR) is 92.4 cm³/mol. The minimum atomic E-state index is -0.488. The van der Waals surface area contributed by atoms with Crippen LogP contribution in [0.4, 0.5) is 4.79 Å². The van der Waals surface area contributed by atoms with Crippen molar-refractivity contribution >= 4 is 6.03 Å². The van der Waals surface area contributed by atoms with Crippen LogP contribution in [0.25, 0.3) is 0 Å². The van der Waals surface area contributed by atoms with E-state index in [4.69, 9.17) is 14.2 Å². The molecular weight excluding hydrogens is 320 g/mol. The number of ether oxygens (including phenoxy) is 3. The van der Waals surface area contributed by atoms with Crippen molar-refractivity contribution in [2.75, 3.05) is 39.5 Å². The summed E-state index contributed by atoms with van der Waals surface area (Å²) in [6.45, 7) is 3.88. The Labute approximate surface area is 148 Å². The number of carbonyl (C=O) groups excluding carboxylic acids is 1. The Kier molecular flexibility index (Phi) is 4.92. The summed E-state index contributed by atoms with van der Waals surface area (Å²) in [4.78, 5) is 14.4. The summed E-state index contributed by atoms with van der Waals surface area (Å²) in [5, 5.41) is 3.02. The van der Waals surface area contributed by atoms with E-state index in [0.717, 1.165) is 38.8 Å². The van der Waals surface area contributed by atoms with E-state index in [1.807, 2.05) is 4.90 Å². The molecule has 3 aliphatic heterocycles. The van der Waals surface area contributed by atoms with Crippen LogP contribution < -0.4 is 5.32 Å². The molecule has 25 heavy (non-hydrogen) atoms. The van der Waals surface area contributed by atoms with Crippen LogP contribution in [0, 0.1) is 0 Å². The van der Waals surface area contributed by atoms with Gasteiger partial charge in [0, 0.05) is 32.5 Å². The molecule has 0 unspecified atom stereocenters. The van der Waals surface area contributed by atoms with Gasteiger partial charge in [0.2, 0.25) is 0 Å². The zero-order valence-corrected chi connectivity index (χ0v) is 14.5. The van der Waals surface area contributed by atoms with Gasteiger partial charge in [-0.15, -0.1) is 0 Å². The van der Waals surface area contributed by atoms with Crippen molar-refractivity contribution in [3.63, 3.8) is 0 Å². The van der Waals surface area contributed by atoms with Gasteiger partial charge in [0.05, 0.1) is 19.8 Å². The Balaban J connectivity index is 1.26. The molecule has 3 heterocycles. The largest absolute Gasteiger partial charge is 0.381 e. The Hall–Kier alpha value is -1.63. The summed E-state index contributed by atoms with van der Waals surface area (Å²) >= 11 is 0. The third-order valence-electron chi connectivity index (χ3n) is 5.36. The highest BCUT2D eigenvalue weighted by Crippen LogP contribution is 2.32. The van der Waals surface area contributed by atoms with Crippen molar-refractivity contribution in [2.24, 2.45) is 0 Å². The Morgan fingerprint density at radius 2 is 1.84 bits per heavy atom. The number of hydrogen-bond donors (Lipinski definition) is 1. The summed E-state index contributed by atoms with van der Waals surface area (Å²) in [5.74, 6) is -0.488. The van der Waals surface area contributed by atoms with Gasteiger partial charge in [-0.1, -0.05) is 24.3 Å². The zero-order chi connectivity index (χ0) is 17.1. The van der Waals surface area contributed by atoms with Crippen LogP contribution in [0.1, 0.15) is 24.0 Å². The number of nitrogens with one attached hydrogen (secondary N) is 1.